The molecule has 0 aromatic heterocycles. The first-order valence-corrected chi connectivity index (χ1v) is 6.81. The fourth-order valence-corrected chi connectivity index (χ4v) is 1.43. The van der Waals surface area contributed by atoms with E-state index in [4.69, 9.17) is 5.11 Å². The monoisotopic (exact) mass is 259 g/mol. The number of hydrogen-bond acceptors (Lipinski definition) is 4. The van der Waals surface area contributed by atoms with Crippen LogP contribution < -0.4 is 0 Å². The highest BCUT2D eigenvalue weighted by atomic mass is 32.2. The number of benzene rings is 1. The molecule has 5 heteroatoms. The van der Waals surface area contributed by atoms with Crippen molar-refractivity contribution in [3.05, 3.63) is 29.8 Å². The lowest BCUT2D eigenvalue weighted by Gasteiger charge is -2.05. The lowest BCUT2D eigenvalue weighted by molar-refractivity contribution is 0.268. The maximum atomic E-state index is 10.4. The summed E-state index contributed by atoms with van der Waals surface area (Å²) in [5.74, 6) is 0.648. The third kappa shape index (κ3) is 7.90. The van der Waals surface area contributed by atoms with E-state index in [0.29, 0.717) is 12.5 Å². The molecule has 0 heterocycles. The summed E-state index contributed by atoms with van der Waals surface area (Å²) in [6.45, 7) is 6.34. The van der Waals surface area contributed by atoms with E-state index >= 15 is 0 Å². The predicted octanol–water partition coefficient (Wildman–Crippen LogP) is 1.92. The zero-order valence-corrected chi connectivity index (χ0v) is 11.2. The summed E-state index contributed by atoms with van der Waals surface area (Å²) in [5, 5.41) is 8.24. The minimum Gasteiger partial charge on any atom is -0.744 e. The zero-order chi connectivity index (χ0) is 13.5. The normalized spacial score (nSPS) is 10.9. The molecule has 1 aromatic carbocycles. The minimum atomic E-state index is -4.27. The molecule has 1 aromatic rings. The highest BCUT2D eigenvalue weighted by Gasteiger charge is 1.97. The van der Waals surface area contributed by atoms with Gasteiger partial charge in [-0.05, 0) is 31.4 Å². The van der Waals surface area contributed by atoms with Crippen molar-refractivity contribution in [2.75, 3.05) is 6.61 Å². The molecule has 17 heavy (non-hydrogen) atoms. The average Bonchev–Trinajstić information content (AvgIpc) is 2.17. The largest absolute Gasteiger partial charge is 0.744 e. The maximum Gasteiger partial charge on any atom is 0.124 e. The van der Waals surface area contributed by atoms with Gasteiger partial charge in [-0.3, -0.25) is 0 Å². The smallest absolute Gasteiger partial charge is 0.124 e. The Bertz CT molecular complexity index is 407. The van der Waals surface area contributed by atoms with Gasteiger partial charge < -0.3 is 9.66 Å². The van der Waals surface area contributed by atoms with Gasteiger partial charge in [-0.15, -0.1) is 0 Å². The minimum absolute atomic E-state index is 0.178. The van der Waals surface area contributed by atoms with Crippen LogP contribution in [0.1, 0.15) is 25.8 Å². The van der Waals surface area contributed by atoms with Crippen LogP contribution in [0.25, 0.3) is 0 Å². The maximum absolute atomic E-state index is 10.4. The molecule has 0 fully saturated rings. The molecule has 0 atom stereocenters. The lowest BCUT2D eigenvalue weighted by Crippen LogP contribution is -1.97. The Labute approximate surface area is 103 Å². The Morgan fingerprint density at radius 2 is 1.71 bits per heavy atom. The topological polar surface area (TPSA) is 77.4 Å². The van der Waals surface area contributed by atoms with Gasteiger partial charge >= 0.3 is 0 Å². The molecular weight excluding hydrogens is 240 g/mol. The van der Waals surface area contributed by atoms with Crippen LogP contribution in [0.3, 0.4) is 0 Å². The van der Waals surface area contributed by atoms with Crippen LogP contribution in [0.2, 0.25) is 0 Å². The molecule has 1 N–H and O–H groups in total. The second-order valence-electron chi connectivity index (χ2n) is 4.17. The van der Waals surface area contributed by atoms with Crippen LogP contribution in [0.4, 0.5) is 0 Å². The summed E-state index contributed by atoms with van der Waals surface area (Å²) in [6, 6.07) is 5.78. The first-order valence-electron chi connectivity index (χ1n) is 5.40. The highest BCUT2D eigenvalue weighted by molar-refractivity contribution is 7.85. The van der Waals surface area contributed by atoms with Crippen molar-refractivity contribution in [1.29, 1.82) is 0 Å². The van der Waals surface area contributed by atoms with Gasteiger partial charge in [-0.25, -0.2) is 8.42 Å². The van der Waals surface area contributed by atoms with Crippen molar-refractivity contribution in [3.63, 3.8) is 0 Å². The van der Waals surface area contributed by atoms with Crippen molar-refractivity contribution in [3.8, 4) is 0 Å². The van der Waals surface area contributed by atoms with Crippen LogP contribution >= 0.6 is 0 Å². The van der Waals surface area contributed by atoms with Gasteiger partial charge in [0.15, 0.2) is 0 Å². The van der Waals surface area contributed by atoms with Gasteiger partial charge in [0, 0.05) is 6.61 Å². The van der Waals surface area contributed by atoms with Crippen LogP contribution in [-0.4, -0.2) is 24.7 Å². The number of aryl methyl sites for hydroxylation is 1. The van der Waals surface area contributed by atoms with E-state index < -0.39 is 10.1 Å². The van der Waals surface area contributed by atoms with Crippen LogP contribution in [-0.2, 0) is 10.1 Å². The van der Waals surface area contributed by atoms with Crippen LogP contribution in [0, 0.1) is 12.8 Å². The quantitative estimate of drug-likeness (QED) is 0.841. The van der Waals surface area contributed by atoms with E-state index in [-0.39, 0.29) is 4.90 Å². The number of aliphatic hydroxyl groups excluding tert-OH is 1. The number of rotatable bonds is 3. The van der Waals surface area contributed by atoms with Gasteiger partial charge in [0.2, 0.25) is 0 Å². The molecule has 0 saturated carbocycles. The number of hydrogen-bond donors (Lipinski definition) is 1. The molecule has 1 rings (SSSR count). The molecule has 4 nitrogen and oxygen atoms in total. The summed E-state index contributed by atoms with van der Waals surface area (Å²) >= 11 is 0. The molecular formula is C12H19O4S-. The van der Waals surface area contributed by atoms with Gasteiger partial charge in [0.25, 0.3) is 0 Å². The Morgan fingerprint density at radius 1 is 1.24 bits per heavy atom. The Morgan fingerprint density at radius 3 is 1.94 bits per heavy atom. The molecule has 0 saturated heterocycles. The Kier molecular flexibility index (Phi) is 7.03. The van der Waals surface area contributed by atoms with Crippen molar-refractivity contribution in [2.24, 2.45) is 5.92 Å². The first kappa shape index (κ1) is 16.1. The summed E-state index contributed by atoms with van der Waals surface area (Å²) < 4.78 is 31.2. The highest BCUT2D eigenvalue weighted by Crippen LogP contribution is 2.08. The molecule has 98 valence electrons. The molecule has 0 unspecified atom stereocenters. The lowest BCUT2D eigenvalue weighted by atomic mass is 10.2. The van der Waals surface area contributed by atoms with E-state index in [1.54, 1.807) is 12.1 Å². The van der Waals surface area contributed by atoms with E-state index in [0.717, 1.165) is 12.0 Å². The summed E-state index contributed by atoms with van der Waals surface area (Å²) in [5.41, 5.74) is 0.928. The van der Waals surface area contributed by atoms with Gasteiger partial charge in [0.05, 0.1) is 4.90 Å². The average molecular weight is 259 g/mol. The fourth-order valence-electron chi connectivity index (χ4n) is 0.963. The second-order valence-corrected chi connectivity index (χ2v) is 5.55. The number of aliphatic hydroxyl groups is 1. The van der Waals surface area contributed by atoms with E-state index in [1.807, 2.05) is 6.92 Å². The van der Waals surface area contributed by atoms with Crippen molar-refractivity contribution < 1.29 is 18.1 Å². The van der Waals surface area contributed by atoms with Crippen LogP contribution in [0.15, 0.2) is 29.2 Å². The summed E-state index contributed by atoms with van der Waals surface area (Å²) in [7, 11) is -4.27. The van der Waals surface area contributed by atoms with E-state index in [2.05, 4.69) is 13.8 Å². The third-order valence-electron chi connectivity index (χ3n) is 2.02. The van der Waals surface area contributed by atoms with Crippen molar-refractivity contribution in [1.82, 2.24) is 0 Å². The molecule has 0 spiro atoms. The van der Waals surface area contributed by atoms with Gasteiger partial charge in [-0.1, -0.05) is 31.5 Å². The molecule has 0 aliphatic heterocycles. The molecule has 0 aliphatic carbocycles. The Balaban J connectivity index is 0.000000366. The van der Waals surface area contributed by atoms with Gasteiger partial charge in [-0.2, -0.15) is 0 Å². The zero-order valence-electron chi connectivity index (χ0n) is 10.4. The van der Waals surface area contributed by atoms with Crippen molar-refractivity contribution in [2.45, 2.75) is 32.1 Å². The molecule has 0 bridgehead atoms. The fraction of sp³-hybridized carbons (Fsp3) is 0.500. The SMILES string of the molecule is CC(C)CCO.Cc1ccc(S(=O)(=O)[O-])cc1. The van der Waals surface area contributed by atoms with E-state index in [1.165, 1.54) is 12.1 Å². The van der Waals surface area contributed by atoms with E-state index in [9.17, 15) is 13.0 Å². The van der Waals surface area contributed by atoms with Gasteiger partial charge in [0.1, 0.15) is 10.1 Å². The molecule has 0 aliphatic rings. The van der Waals surface area contributed by atoms with Crippen molar-refractivity contribution >= 4 is 10.1 Å². The third-order valence-corrected chi connectivity index (χ3v) is 2.87. The Hall–Kier alpha value is -0.910. The van der Waals surface area contributed by atoms with Crippen LogP contribution in [0.5, 0.6) is 0 Å². The first-order chi connectivity index (χ1) is 7.77. The second kappa shape index (κ2) is 7.42. The summed E-state index contributed by atoms with van der Waals surface area (Å²) in [4.78, 5) is -0.178. The molecule has 0 radical (unpaired) electrons. The standard InChI is InChI=1S/C7H8O3S.C5H12O/c1-6-2-4-7(5-3-6)11(8,9)10;1-5(2)3-4-6/h2-5H,1H3,(H,8,9,10);5-6H,3-4H2,1-2H3/p-1. The molecule has 0 amide bonds. The predicted molar refractivity (Wildman–Crippen MR) is 65.7 cm³/mol. The summed E-state index contributed by atoms with van der Waals surface area (Å²) in [6.07, 6.45) is 0.931.